The van der Waals surface area contributed by atoms with Crippen LogP contribution in [0.4, 0.5) is 10.5 Å². The number of hydrogen-bond acceptors (Lipinski definition) is 4. The van der Waals surface area contributed by atoms with Gasteiger partial charge in [-0.05, 0) is 50.3 Å². The number of rotatable bonds is 5. The van der Waals surface area contributed by atoms with Crippen LogP contribution in [-0.2, 0) is 16.1 Å². The summed E-state index contributed by atoms with van der Waals surface area (Å²) >= 11 is 0. The highest BCUT2D eigenvalue weighted by molar-refractivity contribution is 5.93. The van der Waals surface area contributed by atoms with Crippen LogP contribution in [0.25, 0.3) is 0 Å². The van der Waals surface area contributed by atoms with E-state index in [1.165, 1.54) is 0 Å². The molecule has 29 heavy (non-hydrogen) atoms. The molecule has 158 valence electrons. The molecule has 0 saturated carbocycles. The molecule has 3 rings (SSSR count). The van der Waals surface area contributed by atoms with Crippen LogP contribution in [0.3, 0.4) is 0 Å². The molecule has 0 aliphatic carbocycles. The molecule has 0 radical (unpaired) electrons. The maximum Gasteiger partial charge on any atom is 0.409 e. The molecule has 0 atom stereocenters. The summed E-state index contributed by atoms with van der Waals surface area (Å²) < 4.78 is 5.03. The molecule has 0 bridgehead atoms. The molecular formula is C21H31N5O3. The van der Waals surface area contributed by atoms with Crippen LogP contribution in [0.1, 0.15) is 44.6 Å². The van der Waals surface area contributed by atoms with Crippen molar-refractivity contribution in [2.75, 3.05) is 31.1 Å². The fourth-order valence-corrected chi connectivity index (χ4v) is 3.71. The second-order valence-electron chi connectivity index (χ2n) is 7.47. The fourth-order valence-electron chi connectivity index (χ4n) is 3.71. The number of guanidine groups is 1. The third kappa shape index (κ3) is 5.85. The Balaban J connectivity index is 1.45. The molecule has 2 heterocycles. The summed E-state index contributed by atoms with van der Waals surface area (Å²) in [6.45, 7) is 4.79. The number of benzene rings is 1. The molecule has 8 heteroatoms. The number of nitrogens with one attached hydrogen (secondary N) is 1. The number of likely N-dealkylation sites (tertiary alicyclic amines) is 1. The van der Waals surface area contributed by atoms with Crippen LogP contribution in [0.2, 0.25) is 0 Å². The second-order valence-corrected chi connectivity index (χ2v) is 7.47. The van der Waals surface area contributed by atoms with Gasteiger partial charge in [0.1, 0.15) is 0 Å². The SMILES string of the molecule is CCOC(=O)N1CCC(NC(N)=NCc2ccc(N3CCCCC3=O)cc2)CC1. The first-order chi connectivity index (χ1) is 14.1. The highest BCUT2D eigenvalue weighted by atomic mass is 16.6. The summed E-state index contributed by atoms with van der Waals surface area (Å²) in [4.78, 5) is 31.8. The van der Waals surface area contributed by atoms with E-state index in [1.54, 1.807) is 4.90 Å². The summed E-state index contributed by atoms with van der Waals surface area (Å²) in [7, 11) is 0. The molecular weight excluding hydrogens is 370 g/mol. The van der Waals surface area contributed by atoms with Crippen molar-refractivity contribution in [1.82, 2.24) is 10.2 Å². The molecule has 0 aromatic heterocycles. The van der Waals surface area contributed by atoms with E-state index < -0.39 is 0 Å². The number of amides is 2. The Labute approximate surface area is 172 Å². The summed E-state index contributed by atoms with van der Waals surface area (Å²) in [5.41, 5.74) is 8.03. The smallest absolute Gasteiger partial charge is 0.409 e. The third-order valence-corrected chi connectivity index (χ3v) is 5.38. The molecule has 2 aliphatic heterocycles. The van der Waals surface area contributed by atoms with Crippen molar-refractivity contribution >= 4 is 23.6 Å². The number of nitrogens with zero attached hydrogens (tertiary/aromatic N) is 3. The topological polar surface area (TPSA) is 100 Å². The maximum absolute atomic E-state index is 12.0. The second kappa shape index (κ2) is 10.1. The lowest BCUT2D eigenvalue weighted by Gasteiger charge is -2.31. The number of hydrogen-bond donors (Lipinski definition) is 2. The molecule has 2 aliphatic rings. The van der Waals surface area contributed by atoms with E-state index in [-0.39, 0.29) is 18.0 Å². The van der Waals surface area contributed by atoms with Gasteiger partial charge >= 0.3 is 6.09 Å². The number of anilines is 1. The monoisotopic (exact) mass is 401 g/mol. The van der Waals surface area contributed by atoms with Crippen molar-refractivity contribution in [3.63, 3.8) is 0 Å². The Morgan fingerprint density at radius 3 is 2.59 bits per heavy atom. The van der Waals surface area contributed by atoms with Crippen LogP contribution in [-0.4, -0.2) is 55.1 Å². The standard InChI is InChI=1S/C21H31N5O3/c1-2-29-21(28)25-13-10-17(11-14-25)24-20(22)23-15-16-6-8-18(9-7-16)26-12-4-3-5-19(26)27/h6-9,17H,2-5,10-15H2,1H3,(H3,22,23,24). The van der Waals surface area contributed by atoms with Crippen molar-refractivity contribution < 1.29 is 14.3 Å². The van der Waals surface area contributed by atoms with Crippen LogP contribution >= 0.6 is 0 Å². The lowest BCUT2D eigenvalue weighted by molar-refractivity contribution is -0.119. The van der Waals surface area contributed by atoms with Crippen molar-refractivity contribution in [1.29, 1.82) is 0 Å². The predicted molar refractivity (Wildman–Crippen MR) is 113 cm³/mol. The Morgan fingerprint density at radius 2 is 1.93 bits per heavy atom. The van der Waals surface area contributed by atoms with Gasteiger partial charge in [0.2, 0.25) is 5.91 Å². The third-order valence-electron chi connectivity index (χ3n) is 5.38. The highest BCUT2D eigenvalue weighted by Crippen LogP contribution is 2.21. The van der Waals surface area contributed by atoms with E-state index in [1.807, 2.05) is 36.1 Å². The first-order valence-electron chi connectivity index (χ1n) is 10.4. The minimum atomic E-state index is -0.248. The number of carbonyl (C=O) groups excluding carboxylic acids is 2. The van der Waals surface area contributed by atoms with Crippen molar-refractivity contribution in [2.24, 2.45) is 10.7 Å². The number of carbonyl (C=O) groups is 2. The maximum atomic E-state index is 12.0. The molecule has 3 N–H and O–H groups in total. The van der Waals surface area contributed by atoms with E-state index in [0.717, 1.165) is 43.5 Å². The first-order valence-corrected chi connectivity index (χ1v) is 10.4. The highest BCUT2D eigenvalue weighted by Gasteiger charge is 2.23. The van der Waals surface area contributed by atoms with Crippen molar-refractivity contribution in [3.8, 4) is 0 Å². The van der Waals surface area contributed by atoms with Gasteiger partial charge < -0.3 is 25.6 Å². The molecule has 0 spiro atoms. The molecule has 1 aromatic rings. The molecule has 8 nitrogen and oxygen atoms in total. The van der Waals surface area contributed by atoms with Gasteiger partial charge in [0.05, 0.1) is 13.2 Å². The Bertz CT molecular complexity index is 726. The largest absolute Gasteiger partial charge is 0.450 e. The molecule has 2 amide bonds. The number of aliphatic imine (C=N–C) groups is 1. The zero-order chi connectivity index (χ0) is 20.6. The lowest BCUT2D eigenvalue weighted by atomic mass is 10.1. The normalized spacial score (nSPS) is 18.7. The summed E-state index contributed by atoms with van der Waals surface area (Å²) in [6, 6.07) is 8.14. The van der Waals surface area contributed by atoms with Crippen molar-refractivity contribution in [2.45, 2.75) is 51.6 Å². The average molecular weight is 402 g/mol. The predicted octanol–water partition coefficient (Wildman–Crippen LogP) is 2.23. The Morgan fingerprint density at radius 1 is 1.21 bits per heavy atom. The van der Waals surface area contributed by atoms with Gasteiger partial charge in [-0.15, -0.1) is 0 Å². The van der Waals surface area contributed by atoms with Gasteiger partial charge in [-0.1, -0.05) is 12.1 Å². The van der Waals surface area contributed by atoms with E-state index in [0.29, 0.717) is 38.6 Å². The molecule has 2 saturated heterocycles. The summed E-state index contributed by atoms with van der Waals surface area (Å²) in [6.07, 6.45) is 4.05. The summed E-state index contributed by atoms with van der Waals surface area (Å²) in [5, 5.41) is 3.25. The van der Waals surface area contributed by atoms with Gasteiger partial charge in [0.15, 0.2) is 5.96 Å². The Hall–Kier alpha value is -2.77. The van der Waals surface area contributed by atoms with E-state index in [2.05, 4.69) is 10.3 Å². The van der Waals surface area contributed by atoms with E-state index in [9.17, 15) is 9.59 Å². The number of ether oxygens (including phenoxy) is 1. The summed E-state index contributed by atoms with van der Waals surface area (Å²) in [5.74, 6) is 0.610. The van der Waals surface area contributed by atoms with Crippen LogP contribution < -0.4 is 16.0 Å². The van der Waals surface area contributed by atoms with Gasteiger partial charge in [0, 0.05) is 37.8 Å². The number of nitrogens with two attached hydrogens (primary N) is 1. The average Bonchev–Trinajstić information content (AvgIpc) is 2.74. The van der Waals surface area contributed by atoms with Gasteiger partial charge in [-0.2, -0.15) is 0 Å². The van der Waals surface area contributed by atoms with Gasteiger partial charge in [0.25, 0.3) is 0 Å². The van der Waals surface area contributed by atoms with Crippen LogP contribution in [0.15, 0.2) is 29.3 Å². The minimum absolute atomic E-state index is 0.199. The van der Waals surface area contributed by atoms with Gasteiger partial charge in [-0.25, -0.2) is 9.79 Å². The van der Waals surface area contributed by atoms with Crippen LogP contribution in [0, 0.1) is 0 Å². The molecule has 0 unspecified atom stereocenters. The quantitative estimate of drug-likeness (QED) is 0.582. The van der Waals surface area contributed by atoms with E-state index >= 15 is 0 Å². The number of piperidine rings is 2. The van der Waals surface area contributed by atoms with Gasteiger partial charge in [-0.3, -0.25) is 4.79 Å². The Kier molecular flexibility index (Phi) is 7.32. The van der Waals surface area contributed by atoms with Crippen LogP contribution in [0.5, 0.6) is 0 Å². The minimum Gasteiger partial charge on any atom is -0.450 e. The zero-order valence-corrected chi connectivity index (χ0v) is 17.1. The van der Waals surface area contributed by atoms with E-state index in [4.69, 9.17) is 10.5 Å². The zero-order valence-electron chi connectivity index (χ0n) is 17.1. The molecule has 2 fully saturated rings. The lowest BCUT2D eigenvalue weighted by Crippen LogP contribution is -2.48. The fraction of sp³-hybridized carbons (Fsp3) is 0.571. The molecule has 1 aromatic carbocycles. The van der Waals surface area contributed by atoms with Crippen molar-refractivity contribution in [3.05, 3.63) is 29.8 Å². The first kappa shape index (κ1) is 21.0.